The van der Waals surface area contributed by atoms with Crippen molar-refractivity contribution in [3.8, 4) is 0 Å². The summed E-state index contributed by atoms with van der Waals surface area (Å²) in [5.74, 6) is 0.244. The lowest BCUT2D eigenvalue weighted by molar-refractivity contribution is -0.137. The third-order valence-corrected chi connectivity index (χ3v) is 3.29. The minimum Gasteiger partial charge on any atom is -0.336 e. The van der Waals surface area contributed by atoms with Crippen LogP contribution >= 0.6 is 0 Å². The van der Waals surface area contributed by atoms with Gasteiger partial charge in [-0.15, -0.1) is 0 Å². The SMILES string of the molecule is CC(C)N1CCN(Cc2ccccc2)C(=O)C1. The maximum atomic E-state index is 12.0. The first kappa shape index (κ1) is 12.1. The molecule has 0 unspecified atom stereocenters. The van der Waals surface area contributed by atoms with E-state index in [0.29, 0.717) is 12.6 Å². The van der Waals surface area contributed by atoms with E-state index in [1.807, 2.05) is 23.1 Å². The first-order valence-electron chi connectivity index (χ1n) is 6.22. The molecule has 1 fully saturated rings. The maximum absolute atomic E-state index is 12.0. The van der Waals surface area contributed by atoms with E-state index in [-0.39, 0.29) is 5.91 Å². The Balaban J connectivity index is 1.94. The van der Waals surface area contributed by atoms with E-state index in [4.69, 9.17) is 0 Å². The summed E-state index contributed by atoms with van der Waals surface area (Å²) in [6.45, 7) is 7.40. The van der Waals surface area contributed by atoms with E-state index in [2.05, 4.69) is 30.9 Å². The Morgan fingerprint density at radius 2 is 1.88 bits per heavy atom. The number of hydrogen-bond acceptors (Lipinski definition) is 2. The Morgan fingerprint density at radius 1 is 1.18 bits per heavy atom. The summed E-state index contributed by atoms with van der Waals surface area (Å²) in [6, 6.07) is 10.6. The van der Waals surface area contributed by atoms with Crippen molar-refractivity contribution in [3.05, 3.63) is 35.9 Å². The quantitative estimate of drug-likeness (QED) is 0.792. The average molecular weight is 232 g/mol. The van der Waals surface area contributed by atoms with Gasteiger partial charge in [0.1, 0.15) is 0 Å². The summed E-state index contributed by atoms with van der Waals surface area (Å²) in [5, 5.41) is 0. The predicted molar refractivity (Wildman–Crippen MR) is 68.6 cm³/mol. The van der Waals surface area contributed by atoms with Crippen LogP contribution in [0.4, 0.5) is 0 Å². The summed E-state index contributed by atoms with van der Waals surface area (Å²) < 4.78 is 0. The van der Waals surface area contributed by atoms with Crippen molar-refractivity contribution < 1.29 is 4.79 Å². The summed E-state index contributed by atoms with van der Waals surface area (Å²) in [7, 11) is 0. The molecule has 1 aromatic rings. The number of rotatable bonds is 3. The number of carbonyl (C=O) groups is 1. The van der Waals surface area contributed by atoms with E-state index in [1.165, 1.54) is 5.56 Å². The van der Waals surface area contributed by atoms with Crippen LogP contribution in [0, 0.1) is 0 Å². The van der Waals surface area contributed by atoms with Crippen LogP contribution < -0.4 is 0 Å². The minimum atomic E-state index is 0.244. The molecule has 1 aliphatic heterocycles. The van der Waals surface area contributed by atoms with Gasteiger partial charge in [-0.3, -0.25) is 9.69 Å². The molecule has 1 saturated heterocycles. The fourth-order valence-electron chi connectivity index (χ4n) is 2.14. The third kappa shape index (κ3) is 3.07. The second-order valence-corrected chi connectivity index (χ2v) is 4.87. The van der Waals surface area contributed by atoms with Gasteiger partial charge in [0.15, 0.2) is 0 Å². The highest BCUT2D eigenvalue weighted by Gasteiger charge is 2.24. The highest BCUT2D eigenvalue weighted by atomic mass is 16.2. The predicted octanol–water partition coefficient (Wildman–Crippen LogP) is 1.74. The van der Waals surface area contributed by atoms with Gasteiger partial charge in [-0.25, -0.2) is 0 Å². The van der Waals surface area contributed by atoms with Crippen molar-refractivity contribution in [3.63, 3.8) is 0 Å². The molecule has 1 amide bonds. The smallest absolute Gasteiger partial charge is 0.237 e. The van der Waals surface area contributed by atoms with Gasteiger partial charge in [0.05, 0.1) is 6.54 Å². The lowest BCUT2D eigenvalue weighted by Gasteiger charge is -2.36. The molecule has 0 aromatic heterocycles. The molecular weight excluding hydrogens is 212 g/mol. The topological polar surface area (TPSA) is 23.6 Å². The van der Waals surface area contributed by atoms with E-state index in [1.54, 1.807) is 0 Å². The second kappa shape index (κ2) is 5.32. The summed E-state index contributed by atoms with van der Waals surface area (Å²) in [5.41, 5.74) is 1.21. The molecule has 3 nitrogen and oxygen atoms in total. The fraction of sp³-hybridized carbons (Fsp3) is 0.500. The second-order valence-electron chi connectivity index (χ2n) is 4.87. The molecule has 0 atom stereocenters. The van der Waals surface area contributed by atoms with Gasteiger partial charge in [-0.2, -0.15) is 0 Å². The summed E-state index contributed by atoms with van der Waals surface area (Å²) in [6.07, 6.45) is 0. The van der Waals surface area contributed by atoms with Crippen LogP contribution in [-0.2, 0) is 11.3 Å². The van der Waals surface area contributed by atoms with E-state index < -0.39 is 0 Å². The molecule has 17 heavy (non-hydrogen) atoms. The maximum Gasteiger partial charge on any atom is 0.237 e. The molecule has 0 saturated carbocycles. The fourth-order valence-corrected chi connectivity index (χ4v) is 2.14. The van der Waals surface area contributed by atoms with Crippen LogP contribution in [-0.4, -0.2) is 41.4 Å². The molecule has 0 spiro atoms. The largest absolute Gasteiger partial charge is 0.336 e. The molecular formula is C14H20N2O. The molecule has 3 heteroatoms. The molecule has 1 heterocycles. The Morgan fingerprint density at radius 3 is 2.47 bits per heavy atom. The lowest BCUT2D eigenvalue weighted by atomic mass is 10.2. The highest BCUT2D eigenvalue weighted by molar-refractivity contribution is 5.79. The van der Waals surface area contributed by atoms with Crippen molar-refractivity contribution in [2.24, 2.45) is 0 Å². The van der Waals surface area contributed by atoms with E-state index >= 15 is 0 Å². The zero-order chi connectivity index (χ0) is 12.3. The third-order valence-electron chi connectivity index (χ3n) is 3.29. The summed E-state index contributed by atoms with van der Waals surface area (Å²) in [4.78, 5) is 16.2. The van der Waals surface area contributed by atoms with Gasteiger partial charge in [0, 0.05) is 25.7 Å². The van der Waals surface area contributed by atoms with Gasteiger partial charge in [0.2, 0.25) is 5.91 Å². The first-order valence-corrected chi connectivity index (χ1v) is 6.22. The number of carbonyl (C=O) groups excluding carboxylic acids is 1. The first-order chi connectivity index (χ1) is 8.16. The monoisotopic (exact) mass is 232 g/mol. The van der Waals surface area contributed by atoms with Crippen LogP contribution in [0.25, 0.3) is 0 Å². The standard InChI is InChI=1S/C14H20N2O/c1-12(2)15-8-9-16(14(17)11-15)10-13-6-4-3-5-7-13/h3-7,12H,8-11H2,1-2H3. The molecule has 0 bridgehead atoms. The van der Waals surface area contributed by atoms with Crippen molar-refractivity contribution in [2.45, 2.75) is 26.4 Å². The molecule has 2 rings (SSSR count). The van der Waals surface area contributed by atoms with Gasteiger partial charge in [-0.1, -0.05) is 30.3 Å². The Labute approximate surface area is 103 Å². The average Bonchev–Trinajstić information content (AvgIpc) is 2.33. The highest BCUT2D eigenvalue weighted by Crippen LogP contribution is 2.11. The normalized spacial score (nSPS) is 17.8. The zero-order valence-electron chi connectivity index (χ0n) is 10.6. The van der Waals surface area contributed by atoms with Crippen LogP contribution in [0.15, 0.2) is 30.3 Å². The number of hydrogen-bond donors (Lipinski definition) is 0. The molecule has 0 radical (unpaired) electrons. The Kier molecular flexibility index (Phi) is 3.79. The van der Waals surface area contributed by atoms with Crippen LogP contribution in [0.3, 0.4) is 0 Å². The number of piperazine rings is 1. The molecule has 1 aliphatic rings. The van der Waals surface area contributed by atoms with Crippen molar-refractivity contribution in [1.82, 2.24) is 9.80 Å². The van der Waals surface area contributed by atoms with Crippen molar-refractivity contribution >= 4 is 5.91 Å². The molecule has 0 N–H and O–H groups in total. The van der Waals surface area contributed by atoms with Gasteiger partial charge < -0.3 is 4.90 Å². The van der Waals surface area contributed by atoms with Crippen LogP contribution in [0.2, 0.25) is 0 Å². The molecule has 1 aromatic carbocycles. The summed E-state index contributed by atoms with van der Waals surface area (Å²) >= 11 is 0. The number of amides is 1. The van der Waals surface area contributed by atoms with Gasteiger partial charge in [-0.05, 0) is 19.4 Å². The van der Waals surface area contributed by atoms with Crippen molar-refractivity contribution in [1.29, 1.82) is 0 Å². The molecule has 0 aliphatic carbocycles. The van der Waals surface area contributed by atoms with Crippen LogP contribution in [0.5, 0.6) is 0 Å². The Bertz CT molecular complexity index is 375. The van der Waals surface area contributed by atoms with Crippen molar-refractivity contribution in [2.75, 3.05) is 19.6 Å². The van der Waals surface area contributed by atoms with E-state index in [9.17, 15) is 4.79 Å². The zero-order valence-corrected chi connectivity index (χ0v) is 10.6. The molecule has 92 valence electrons. The number of nitrogens with zero attached hydrogens (tertiary/aromatic N) is 2. The van der Waals surface area contributed by atoms with E-state index in [0.717, 1.165) is 19.6 Å². The number of benzene rings is 1. The van der Waals surface area contributed by atoms with Gasteiger partial charge in [0.25, 0.3) is 0 Å². The lowest BCUT2D eigenvalue weighted by Crippen LogP contribution is -2.51. The van der Waals surface area contributed by atoms with Crippen LogP contribution in [0.1, 0.15) is 19.4 Å². The minimum absolute atomic E-state index is 0.244. The Hall–Kier alpha value is -1.35. The van der Waals surface area contributed by atoms with Gasteiger partial charge >= 0.3 is 0 Å².